The molecular weight excluding hydrogens is 229 g/mol. The van der Waals surface area contributed by atoms with Crippen molar-refractivity contribution in [2.24, 2.45) is 0 Å². The maximum atomic E-state index is 13.5. The van der Waals surface area contributed by atoms with Gasteiger partial charge in [-0.3, -0.25) is 0 Å². The molecule has 1 N–H and O–H groups in total. The van der Waals surface area contributed by atoms with Gasteiger partial charge in [0.05, 0.1) is 6.04 Å². The van der Waals surface area contributed by atoms with Gasteiger partial charge in [-0.1, -0.05) is 12.1 Å². The van der Waals surface area contributed by atoms with Gasteiger partial charge in [0.25, 0.3) is 0 Å². The SMILES string of the molecule is Cc1cnc(NC(C)c2ccc(C)c(F)c2)nc1. The minimum absolute atomic E-state index is 0.0391. The van der Waals surface area contributed by atoms with Gasteiger partial charge in [-0.2, -0.15) is 0 Å². The number of nitrogens with zero attached hydrogens (tertiary/aromatic N) is 2. The topological polar surface area (TPSA) is 37.8 Å². The van der Waals surface area contributed by atoms with Gasteiger partial charge in [-0.05, 0) is 43.5 Å². The molecule has 94 valence electrons. The Bertz CT molecular complexity index is 537. The number of aromatic nitrogens is 2. The van der Waals surface area contributed by atoms with E-state index in [-0.39, 0.29) is 11.9 Å². The number of nitrogens with one attached hydrogen (secondary N) is 1. The van der Waals surface area contributed by atoms with Crippen LogP contribution in [-0.2, 0) is 0 Å². The highest BCUT2D eigenvalue weighted by molar-refractivity contribution is 5.33. The molecule has 3 nitrogen and oxygen atoms in total. The van der Waals surface area contributed by atoms with E-state index in [9.17, 15) is 4.39 Å². The van der Waals surface area contributed by atoms with Crippen molar-refractivity contribution >= 4 is 5.95 Å². The van der Waals surface area contributed by atoms with Crippen LogP contribution in [0.3, 0.4) is 0 Å². The van der Waals surface area contributed by atoms with Crippen molar-refractivity contribution in [3.8, 4) is 0 Å². The smallest absolute Gasteiger partial charge is 0.223 e. The molecule has 1 atom stereocenters. The molecule has 1 unspecified atom stereocenters. The molecule has 2 rings (SSSR count). The van der Waals surface area contributed by atoms with E-state index in [2.05, 4.69) is 15.3 Å². The number of rotatable bonds is 3. The lowest BCUT2D eigenvalue weighted by Gasteiger charge is -2.14. The second-order valence-electron chi connectivity index (χ2n) is 4.46. The van der Waals surface area contributed by atoms with Gasteiger partial charge < -0.3 is 5.32 Å². The number of hydrogen-bond donors (Lipinski definition) is 1. The lowest BCUT2D eigenvalue weighted by Crippen LogP contribution is -2.09. The fourth-order valence-electron chi connectivity index (χ4n) is 1.62. The van der Waals surface area contributed by atoms with Crippen LogP contribution >= 0.6 is 0 Å². The van der Waals surface area contributed by atoms with Crippen molar-refractivity contribution < 1.29 is 4.39 Å². The van der Waals surface area contributed by atoms with Crippen LogP contribution in [0.5, 0.6) is 0 Å². The highest BCUT2D eigenvalue weighted by Crippen LogP contribution is 2.19. The maximum Gasteiger partial charge on any atom is 0.223 e. The molecule has 0 radical (unpaired) electrons. The maximum absolute atomic E-state index is 13.5. The molecule has 18 heavy (non-hydrogen) atoms. The quantitative estimate of drug-likeness (QED) is 0.900. The van der Waals surface area contributed by atoms with Gasteiger partial charge in [-0.25, -0.2) is 14.4 Å². The van der Waals surface area contributed by atoms with E-state index in [1.165, 1.54) is 0 Å². The predicted molar refractivity (Wildman–Crippen MR) is 69.9 cm³/mol. The Morgan fingerprint density at radius 1 is 1.17 bits per heavy atom. The lowest BCUT2D eigenvalue weighted by molar-refractivity contribution is 0.614. The van der Waals surface area contributed by atoms with Crippen LogP contribution < -0.4 is 5.32 Å². The molecule has 2 aromatic rings. The zero-order valence-corrected chi connectivity index (χ0v) is 10.7. The first kappa shape index (κ1) is 12.5. The fourth-order valence-corrected chi connectivity index (χ4v) is 1.62. The highest BCUT2D eigenvalue weighted by atomic mass is 19.1. The van der Waals surface area contributed by atoms with Crippen LogP contribution in [0.4, 0.5) is 10.3 Å². The van der Waals surface area contributed by atoms with Crippen molar-refractivity contribution in [1.29, 1.82) is 0 Å². The molecular formula is C14H16FN3. The van der Waals surface area contributed by atoms with Crippen molar-refractivity contribution in [3.05, 3.63) is 53.1 Å². The first-order chi connectivity index (χ1) is 8.56. The third kappa shape index (κ3) is 2.83. The van der Waals surface area contributed by atoms with Crippen LogP contribution in [0, 0.1) is 19.7 Å². The van der Waals surface area contributed by atoms with Gasteiger partial charge in [0.1, 0.15) is 5.82 Å². The number of benzene rings is 1. The zero-order valence-electron chi connectivity index (χ0n) is 10.7. The Balaban J connectivity index is 2.13. The van der Waals surface area contributed by atoms with Crippen molar-refractivity contribution in [1.82, 2.24) is 9.97 Å². The summed E-state index contributed by atoms with van der Waals surface area (Å²) in [6.45, 7) is 5.64. The summed E-state index contributed by atoms with van der Waals surface area (Å²) in [5, 5.41) is 3.14. The van der Waals surface area contributed by atoms with Gasteiger partial charge in [0.15, 0.2) is 0 Å². The van der Waals surface area contributed by atoms with Gasteiger partial charge in [-0.15, -0.1) is 0 Å². The molecule has 0 aliphatic heterocycles. The number of halogens is 1. The average Bonchev–Trinajstić information content (AvgIpc) is 2.35. The molecule has 1 aromatic heterocycles. The largest absolute Gasteiger partial charge is 0.348 e. The summed E-state index contributed by atoms with van der Waals surface area (Å²) >= 11 is 0. The van der Waals surface area contributed by atoms with E-state index in [1.54, 1.807) is 31.5 Å². The minimum Gasteiger partial charge on any atom is -0.348 e. The molecule has 1 heterocycles. The molecule has 0 aliphatic carbocycles. The van der Waals surface area contributed by atoms with Crippen molar-refractivity contribution in [2.45, 2.75) is 26.8 Å². The number of anilines is 1. The Morgan fingerprint density at radius 2 is 1.83 bits per heavy atom. The van der Waals surface area contributed by atoms with E-state index in [0.717, 1.165) is 11.1 Å². The number of hydrogen-bond acceptors (Lipinski definition) is 3. The summed E-state index contributed by atoms with van der Waals surface area (Å²) < 4.78 is 13.5. The van der Waals surface area contributed by atoms with Crippen LogP contribution in [0.15, 0.2) is 30.6 Å². The minimum atomic E-state index is -0.189. The van der Waals surface area contributed by atoms with E-state index in [4.69, 9.17) is 0 Å². The summed E-state index contributed by atoms with van der Waals surface area (Å²) in [6, 6.07) is 5.19. The predicted octanol–water partition coefficient (Wildman–Crippen LogP) is 3.41. The van der Waals surface area contributed by atoms with Gasteiger partial charge in [0, 0.05) is 12.4 Å². The van der Waals surface area contributed by atoms with Crippen LogP contribution in [0.2, 0.25) is 0 Å². The molecule has 0 amide bonds. The number of aryl methyl sites for hydroxylation is 2. The average molecular weight is 245 g/mol. The third-order valence-corrected chi connectivity index (χ3v) is 2.82. The van der Waals surface area contributed by atoms with Crippen LogP contribution in [0.1, 0.15) is 29.7 Å². The molecule has 1 aromatic carbocycles. The molecule has 4 heteroatoms. The van der Waals surface area contributed by atoms with E-state index < -0.39 is 0 Å². The summed E-state index contributed by atoms with van der Waals surface area (Å²) in [6.07, 6.45) is 3.50. The molecule has 0 bridgehead atoms. The summed E-state index contributed by atoms with van der Waals surface area (Å²) in [7, 11) is 0. The molecule has 0 spiro atoms. The Labute approximate surface area is 106 Å². The third-order valence-electron chi connectivity index (χ3n) is 2.82. The second kappa shape index (κ2) is 5.12. The van der Waals surface area contributed by atoms with Gasteiger partial charge >= 0.3 is 0 Å². The Hall–Kier alpha value is -1.97. The van der Waals surface area contributed by atoms with Crippen LogP contribution in [-0.4, -0.2) is 9.97 Å². The summed E-state index contributed by atoms with van der Waals surface area (Å²) in [4.78, 5) is 8.34. The Morgan fingerprint density at radius 3 is 2.44 bits per heavy atom. The lowest BCUT2D eigenvalue weighted by atomic mass is 10.1. The molecule has 0 saturated carbocycles. The fraction of sp³-hybridized carbons (Fsp3) is 0.286. The van der Waals surface area contributed by atoms with Gasteiger partial charge in [0.2, 0.25) is 5.95 Å². The van der Waals surface area contributed by atoms with E-state index >= 15 is 0 Å². The monoisotopic (exact) mass is 245 g/mol. The van der Waals surface area contributed by atoms with Crippen molar-refractivity contribution in [3.63, 3.8) is 0 Å². The van der Waals surface area contributed by atoms with Crippen LogP contribution in [0.25, 0.3) is 0 Å². The molecule has 0 saturated heterocycles. The zero-order chi connectivity index (χ0) is 13.1. The molecule has 0 fully saturated rings. The summed E-state index contributed by atoms with van der Waals surface area (Å²) in [5.41, 5.74) is 2.54. The normalized spacial score (nSPS) is 12.2. The highest BCUT2D eigenvalue weighted by Gasteiger charge is 2.08. The first-order valence-corrected chi connectivity index (χ1v) is 5.87. The first-order valence-electron chi connectivity index (χ1n) is 5.87. The van der Waals surface area contributed by atoms with E-state index in [0.29, 0.717) is 11.5 Å². The van der Waals surface area contributed by atoms with E-state index in [1.807, 2.05) is 19.9 Å². The summed E-state index contributed by atoms with van der Waals surface area (Å²) in [5.74, 6) is 0.361. The second-order valence-corrected chi connectivity index (χ2v) is 4.46. The van der Waals surface area contributed by atoms with Crippen molar-refractivity contribution in [2.75, 3.05) is 5.32 Å². The standard InChI is InChI=1S/C14H16FN3/c1-9-7-16-14(17-8-9)18-11(3)12-5-4-10(2)13(15)6-12/h4-8,11H,1-3H3,(H,16,17,18). The Kier molecular flexibility index (Phi) is 3.55. The molecule has 0 aliphatic rings.